The van der Waals surface area contributed by atoms with Gasteiger partial charge in [0.1, 0.15) is 6.67 Å². The molecule has 1 aliphatic rings. The third-order valence-corrected chi connectivity index (χ3v) is 3.46. The lowest BCUT2D eigenvalue weighted by atomic mass is 9.86. The van der Waals surface area contributed by atoms with Crippen molar-refractivity contribution in [1.82, 2.24) is 0 Å². The number of ether oxygens (including phenoxy) is 1. The standard InChI is InChI=1S/C17H18FNO2/c1-21-17(20)13-8-7-12-4-2-6-15(16(12)10-13)14(11-19)5-3-9-18/h3,5-8,10-11H,2,4,9,19H2,1H3/b5-3-,14-11+. The summed E-state index contributed by atoms with van der Waals surface area (Å²) < 4.78 is 17.1. The van der Waals surface area contributed by atoms with Crippen molar-refractivity contribution in [2.24, 2.45) is 5.73 Å². The first-order chi connectivity index (χ1) is 10.2. The van der Waals surface area contributed by atoms with Crippen molar-refractivity contribution in [1.29, 1.82) is 0 Å². The third-order valence-electron chi connectivity index (χ3n) is 3.46. The number of hydrogen-bond acceptors (Lipinski definition) is 3. The van der Waals surface area contributed by atoms with Crippen LogP contribution in [0.25, 0.3) is 5.57 Å². The highest BCUT2D eigenvalue weighted by molar-refractivity contribution is 5.93. The summed E-state index contributed by atoms with van der Waals surface area (Å²) in [5.41, 5.74) is 9.92. The number of allylic oxidation sites excluding steroid dienone is 5. The van der Waals surface area contributed by atoms with Gasteiger partial charge in [-0.2, -0.15) is 0 Å². The van der Waals surface area contributed by atoms with E-state index in [0.29, 0.717) is 5.56 Å². The van der Waals surface area contributed by atoms with Crippen molar-refractivity contribution in [3.8, 4) is 0 Å². The quantitative estimate of drug-likeness (QED) is 0.683. The predicted molar refractivity (Wildman–Crippen MR) is 81.5 cm³/mol. The molecule has 0 bridgehead atoms. The molecule has 0 spiro atoms. The number of esters is 1. The number of methoxy groups -OCH3 is 1. The molecule has 1 aromatic rings. The topological polar surface area (TPSA) is 52.3 Å². The van der Waals surface area contributed by atoms with Crippen LogP contribution in [0.5, 0.6) is 0 Å². The van der Waals surface area contributed by atoms with Gasteiger partial charge in [-0.1, -0.05) is 24.3 Å². The highest BCUT2D eigenvalue weighted by atomic mass is 19.1. The summed E-state index contributed by atoms with van der Waals surface area (Å²) in [6.07, 6.45) is 8.39. The monoisotopic (exact) mass is 287 g/mol. The first-order valence-corrected chi connectivity index (χ1v) is 6.77. The molecule has 2 rings (SSSR count). The minimum Gasteiger partial charge on any atom is -0.465 e. The number of alkyl halides is 1. The van der Waals surface area contributed by atoms with Crippen LogP contribution < -0.4 is 5.73 Å². The Bertz CT molecular complexity index is 630. The van der Waals surface area contributed by atoms with E-state index in [0.717, 1.165) is 35.1 Å². The molecule has 0 amide bonds. The third kappa shape index (κ3) is 3.21. The van der Waals surface area contributed by atoms with Gasteiger partial charge in [0, 0.05) is 6.20 Å². The van der Waals surface area contributed by atoms with Gasteiger partial charge in [-0.15, -0.1) is 0 Å². The summed E-state index contributed by atoms with van der Waals surface area (Å²) >= 11 is 0. The molecule has 4 heteroatoms. The second-order valence-corrected chi connectivity index (χ2v) is 4.70. The number of fused-ring (bicyclic) bond motifs is 1. The van der Waals surface area contributed by atoms with Crippen molar-refractivity contribution in [3.05, 3.63) is 64.9 Å². The fraction of sp³-hybridized carbons (Fsp3) is 0.235. The Balaban J connectivity index is 2.46. The summed E-state index contributed by atoms with van der Waals surface area (Å²) in [6, 6.07) is 5.50. The van der Waals surface area contributed by atoms with Crippen LogP contribution in [0.1, 0.15) is 27.9 Å². The predicted octanol–water partition coefficient (Wildman–Crippen LogP) is 3.17. The minimum absolute atomic E-state index is 0.375. The molecule has 0 saturated heterocycles. The Labute approximate surface area is 123 Å². The van der Waals surface area contributed by atoms with Gasteiger partial charge in [-0.05, 0) is 47.2 Å². The van der Waals surface area contributed by atoms with Crippen LogP contribution in [-0.2, 0) is 11.2 Å². The number of carbonyl (C=O) groups excluding carboxylic acids is 1. The number of hydrogen-bond donors (Lipinski definition) is 1. The number of benzene rings is 1. The second kappa shape index (κ2) is 6.88. The molecule has 21 heavy (non-hydrogen) atoms. The van der Waals surface area contributed by atoms with Crippen molar-refractivity contribution >= 4 is 11.5 Å². The fourth-order valence-corrected chi connectivity index (χ4v) is 2.45. The maximum atomic E-state index is 12.3. The van der Waals surface area contributed by atoms with Gasteiger partial charge >= 0.3 is 5.97 Å². The van der Waals surface area contributed by atoms with E-state index in [1.807, 2.05) is 6.07 Å². The van der Waals surface area contributed by atoms with Gasteiger partial charge in [-0.25, -0.2) is 9.18 Å². The Hall–Kier alpha value is -2.36. The van der Waals surface area contributed by atoms with E-state index in [-0.39, 0.29) is 5.97 Å². The van der Waals surface area contributed by atoms with E-state index in [2.05, 4.69) is 6.08 Å². The normalized spacial score (nSPS) is 14.8. The Morgan fingerprint density at radius 1 is 1.48 bits per heavy atom. The van der Waals surface area contributed by atoms with Crippen molar-refractivity contribution in [2.75, 3.05) is 13.8 Å². The largest absolute Gasteiger partial charge is 0.465 e. The number of carbonyl (C=O) groups is 1. The highest BCUT2D eigenvalue weighted by Gasteiger charge is 2.17. The van der Waals surface area contributed by atoms with Crippen LogP contribution in [0.4, 0.5) is 4.39 Å². The molecule has 0 fully saturated rings. The number of nitrogens with two attached hydrogens (primary N) is 1. The van der Waals surface area contributed by atoms with E-state index >= 15 is 0 Å². The number of rotatable bonds is 4. The van der Waals surface area contributed by atoms with E-state index in [9.17, 15) is 9.18 Å². The minimum atomic E-state index is -0.542. The van der Waals surface area contributed by atoms with E-state index in [1.165, 1.54) is 19.4 Å². The number of halogens is 1. The fourth-order valence-electron chi connectivity index (χ4n) is 2.45. The van der Waals surface area contributed by atoms with Crippen molar-refractivity contribution in [3.63, 3.8) is 0 Å². The zero-order valence-corrected chi connectivity index (χ0v) is 11.9. The average molecular weight is 287 g/mol. The van der Waals surface area contributed by atoms with Crippen LogP contribution in [0.2, 0.25) is 0 Å². The van der Waals surface area contributed by atoms with Crippen LogP contribution in [0.3, 0.4) is 0 Å². The molecule has 0 aromatic heterocycles. The number of aryl methyl sites for hydroxylation is 1. The summed E-state index contributed by atoms with van der Waals surface area (Å²) in [4.78, 5) is 11.7. The first-order valence-electron chi connectivity index (χ1n) is 6.77. The lowest BCUT2D eigenvalue weighted by Crippen LogP contribution is -2.07. The summed E-state index contributed by atoms with van der Waals surface area (Å²) in [6.45, 7) is -0.542. The zero-order chi connectivity index (χ0) is 15.2. The van der Waals surface area contributed by atoms with Gasteiger partial charge in [0.25, 0.3) is 0 Å². The first kappa shape index (κ1) is 15.0. The van der Waals surface area contributed by atoms with E-state index in [1.54, 1.807) is 18.2 Å². The highest BCUT2D eigenvalue weighted by Crippen LogP contribution is 2.32. The van der Waals surface area contributed by atoms with Crippen LogP contribution in [0.15, 0.2) is 48.2 Å². The summed E-state index contributed by atoms with van der Waals surface area (Å²) in [5.74, 6) is -0.375. The molecule has 0 saturated carbocycles. The Morgan fingerprint density at radius 2 is 2.29 bits per heavy atom. The lowest BCUT2D eigenvalue weighted by Gasteiger charge is -2.19. The van der Waals surface area contributed by atoms with Gasteiger partial charge in [0.2, 0.25) is 0 Å². The van der Waals surface area contributed by atoms with Gasteiger partial charge < -0.3 is 10.5 Å². The second-order valence-electron chi connectivity index (χ2n) is 4.70. The molecule has 0 atom stereocenters. The maximum Gasteiger partial charge on any atom is 0.337 e. The van der Waals surface area contributed by atoms with Crippen molar-refractivity contribution < 1.29 is 13.9 Å². The average Bonchev–Trinajstić information content (AvgIpc) is 2.54. The lowest BCUT2D eigenvalue weighted by molar-refractivity contribution is 0.0600. The molecular weight excluding hydrogens is 269 g/mol. The van der Waals surface area contributed by atoms with E-state index in [4.69, 9.17) is 10.5 Å². The Morgan fingerprint density at radius 3 is 2.95 bits per heavy atom. The van der Waals surface area contributed by atoms with Gasteiger partial charge in [0.15, 0.2) is 0 Å². The van der Waals surface area contributed by atoms with E-state index < -0.39 is 6.67 Å². The summed E-state index contributed by atoms with van der Waals surface area (Å²) in [7, 11) is 1.35. The molecular formula is C17H18FNO2. The van der Waals surface area contributed by atoms with Gasteiger partial charge in [-0.3, -0.25) is 0 Å². The molecule has 1 aliphatic carbocycles. The Kier molecular flexibility index (Phi) is 4.93. The SMILES string of the molecule is COC(=O)c1ccc2c(c1)C(C(/C=C\CF)=C/N)=CCC2. The van der Waals surface area contributed by atoms with Crippen LogP contribution in [-0.4, -0.2) is 19.8 Å². The molecule has 3 nitrogen and oxygen atoms in total. The molecule has 0 heterocycles. The molecule has 0 aliphatic heterocycles. The molecule has 0 unspecified atom stereocenters. The van der Waals surface area contributed by atoms with Crippen LogP contribution in [0, 0.1) is 0 Å². The molecule has 110 valence electrons. The summed E-state index contributed by atoms with van der Waals surface area (Å²) in [5, 5.41) is 0. The maximum absolute atomic E-state index is 12.3. The molecule has 0 radical (unpaired) electrons. The van der Waals surface area contributed by atoms with Gasteiger partial charge in [0.05, 0.1) is 12.7 Å². The zero-order valence-electron chi connectivity index (χ0n) is 11.9. The van der Waals surface area contributed by atoms with Crippen molar-refractivity contribution in [2.45, 2.75) is 12.8 Å². The molecule has 2 N–H and O–H groups in total. The van der Waals surface area contributed by atoms with Crippen LogP contribution >= 0.6 is 0 Å². The molecule has 1 aromatic carbocycles. The smallest absolute Gasteiger partial charge is 0.337 e.